The van der Waals surface area contributed by atoms with Crippen LogP contribution in [0.15, 0.2) is 17.0 Å². The van der Waals surface area contributed by atoms with Gasteiger partial charge in [0.05, 0.1) is 11.0 Å². The Morgan fingerprint density at radius 3 is 2.85 bits per heavy atom. The van der Waals surface area contributed by atoms with Gasteiger partial charge >= 0.3 is 0 Å². The molecule has 0 aliphatic rings. The first-order valence-electron chi connectivity index (χ1n) is 3.79. The summed E-state index contributed by atoms with van der Waals surface area (Å²) in [6, 6.07) is 3.78. The first-order valence-corrected chi connectivity index (χ1v) is 5.02. The second-order valence-electron chi connectivity index (χ2n) is 2.73. The maximum atomic E-state index is 5.80. The van der Waals surface area contributed by atoms with Crippen LogP contribution in [0.1, 0.15) is 0 Å². The number of nitrogen functional groups attached to an aromatic ring is 2. The van der Waals surface area contributed by atoms with E-state index < -0.39 is 0 Å². The summed E-state index contributed by atoms with van der Waals surface area (Å²) in [6.07, 6.45) is 1.98. The van der Waals surface area contributed by atoms with E-state index in [4.69, 9.17) is 11.5 Å². The molecule has 0 atom stereocenters. The fourth-order valence-corrected chi connectivity index (χ4v) is 1.78. The molecular formula is C8H10N4S. The Hall–Kier alpha value is -1.36. The molecule has 0 unspecified atom stereocenters. The minimum Gasteiger partial charge on any atom is -0.398 e. The number of hydrogen-bond donors (Lipinski definition) is 3. The third-order valence-corrected chi connectivity index (χ3v) is 2.65. The molecule has 2 rings (SSSR count). The van der Waals surface area contributed by atoms with Gasteiger partial charge in [0.1, 0.15) is 0 Å². The first-order chi connectivity index (χ1) is 6.20. The van der Waals surface area contributed by atoms with Crippen LogP contribution in [0.5, 0.6) is 0 Å². The van der Waals surface area contributed by atoms with Crippen LogP contribution in [-0.2, 0) is 0 Å². The van der Waals surface area contributed by atoms with Crippen molar-refractivity contribution in [2.75, 3.05) is 17.7 Å². The number of nitrogens with zero attached hydrogens (tertiary/aromatic N) is 1. The third kappa shape index (κ3) is 1.31. The van der Waals surface area contributed by atoms with Gasteiger partial charge < -0.3 is 16.5 Å². The Balaban J connectivity index is 2.72. The van der Waals surface area contributed by atoms with Gasteiger partial charge in [0.25, 0.3) is 0 Å². The van der Waals surface area contributed by atoms with Crippen molar-refractivity contribution in [2.45, 2.75) is 4.90 Å². The largest absolute Gasteiger partial charge is 0.398 e. The Labute approximate surface area is 79.7 Å². The maximum Gasteiger partial charge on any atom is 0.198 e. The van der Waals surface area contributed by atoms with Crippen molar-refractivity contribution in [1.82, 2.24) is 9.97 Å². The highest BCUT2D eigenvalue weighted by Crippen LogP contribution is 2.27. The number of nitrogens with two attached hydrogens (primary N) is 2. The van der Waals surface area contributed by atoms with Gasteiger partial charge in [-0.2, -0.15) is 0 Å². The zero-order valence-corrected chi connectivity index (χ0v) is 7.98. The lowest BCUT2D eigenvalue weighted by atomic mass is 10.3. The number of nitrogens with one attached hydrogen (secondary N) is 1. The third-order valence-electron chi connectivity index (χ3n) is 1.85. The van der Waals surface area contributed by atoms with Crippen LogP contribution >= 0.6 is 11.8 Å². The predicted molar refractivity (Wildman–Crippen MR) is 56.7 cm³/mol. The summed E-state index contributed by atoms with van der Waals surface area (Å²) >= 11 is 1.60. The molecule has 0 aliphatic carbocycles. The van der Waals surface area contributed by atoms with Gasteiger partial charge in [-0.1, -0.05) is 0 Å². The van der Waals surface area contributed by atoms with E-state index in [1.165, 1.54) is 0 Å². The molecular weight excluding hydrogens is 184 g/mol. The van der Waals surface area contributed by atoms with E-state index in [9.17, 15) is 0 Å². The molecule has 68 valence electrons. The van der Waals surface area contributed by atoms with E-state index in [0.29, 0.717) is 5.95 Å². The number of hydrogen-bond acceptors (Lipinski definition) is 4. The van der Waals surface area contributed by atoms with E-state index in [-0.39, 0.29) is 0 Å². The summed E-state index contributed by atoms with van der Waals surface area (Å²) in [7, 11) is 0. The lowest BCUT2D eigenvalue weighted by Gasteiger charge is -2.00. The number of aromatic nitrogens is 2. The van der Waals surface area contributed by atoms with E-state index in [2.05, 4.69) is 9.97 Å². The Kier molecular flexibility index (Phi) is 1.81. The summed E-state index contributed by atoms with van der Waals surface area (Å²) in [4.78, 5) is 8.07. The Morgan fingerprint density at radius 1 is 1.38 bits per heavy atom. The number of aromatic amines is 1. The van der Waals surface area contributed by atoms with Crippen LogP contribution in [0.25, 0.3) is 11.0 Å². The first kappa shape index (κ1) is 8.25. The van der Waals surface area contributed by atoms with Crippen LogP contribution in [-0.4, -0.2) is 16.2 Å². The molecule has 1 aromatic carbocycles. The molecule has 2 aromatic rings. The molecule has 0 saturated carbocycles. The fourth-order valence-electron chi connectivity index (χ4n) is 1.25. The van der Waals surface area contributed by atoms with Gasteiger partial charge in [-0.3, -0.25) is 0 Å². The number of fused-ring (bicyclic) bond motifs is 1. The number of anilines is 2. The second kappa shape index (κ2) is 2.85. The molecule has 5 N–H and O–H groups in total. The average molecular weight is 194 g/mol. The van der Waals surface area contributed by atoms with Crippen molar-refractivity contribution in [1.29, 1.82) is 0 Å². The van der Waals surface area contributed by atoms with E-state index >= 15 is 0 Å². The van der Waals surface area contributed by atoms with Gasteiger partial charge in [0.2, 0.25) is 0 Å². The summed E-state index contributed by atoms with van der Waals surface area (Å²) < 4.78 is 0. The molecule has 0 aliphatic heterocycles. The molecule has 5 heteroatoms. The van der Waals surface area contributed by atoms with E-state index in [1.54, 1.807) is 11.8 Å². The second-order valence-corrected chi connectivity index (χ2v) is 3.58. The Morgan fingerprint density at radius 2 is 2.15 bits per heavy atom. The SMILES string of the molecule is CSc1cc2nc(N)[nH]c2cc1N. The summed E-state index contributed by atoms with van der Waals surface area (Å²) in [5.41, 5.74) is 13.8. The normalized spacial score (nSPS) is 10.8. The quantitative estimate of drug-likeness (QED) is 0.474. The predicted octanol–water partition coefficient (Wildman–Crippen LogP) is 1.45. The molecule has 0 bridgehead atoms. The number of H-pyrrole nitrogens is 1. The lowest BCUT2D eigenvalue weighted by molar-refractivity contribution is 1.35. The highest BCUT2D eigenvalue weighted by atomic mass is 32.2. The molecule has 1 heterocycles. The minimum absolute atomic E-state index is 0.424. The lowest BCUT2D eigenvalue weighted by Crippen LogP contribution is -1.87. The molecule has 13 heavy (non-hydrogen) atoms. The summed E-state index contributed by atoms with van der Waals surface area (Å²) in [5.74, 6) is 0.424. The maximum absolute atomic E-state index is 5.80. The monoisotopic (exact) mass is 194 g/mol. The zero-order valence-electron chi connectivity index (χ0n) is 7.16. The van der Waals surface area contributed by atoms with E-state index in [0.717, 1.165) is 21.6 Å². The van der Waals surface area contributed by atoms with Crippen molar-refractivity contribution in [3.63, 3.8) is 0 Å². The highest BCUT2D eigenvalue weighted by molar-refractivity contribution is 7.98. The van der Waals surface area contributed by atoms with Gasteiger partial charge in [0.15, 0.2) is 5.95 Å². The molecule has 0 spiro atoms. The van der Waals surface area contributed by atoms with Gasteiger partial charge in [-0.05, 0) is 18.4 Å². The van der Waals surface area contributed by atoms with Crippen molar-refractivity contribution >= 4 is 34.4 Å². The van der Waals surface area contributed by atoms with Crippen molar-refractivity contribution in [3.05, 3.63) is 12.1 Å². The van der Waals surface area contributed by atoms with Gasteiger partial charge in [-0.15, -0.1) is 11.8 Å². The molecule has 0 fully saturated rings. The number of thioether (sulfide) groups is 1. The number of rotatable bonds is 1. The van der Waals surface area contributed by atoms with Crippen LogP contribution in [0.3, 0.4) is 0 Å². The topological polar surface area (TPSA) is 80.7 Å². The van der Waals surface area contributed by atoms with Crippen LogP contribution < -0.4 is 11.5 Å². The smallest absolute Gasteiger partial charge is 0.198 e. The highest BCUT2D eigenvalue weighted by Gasteiger charge is 2.04. The number of benzene rings is 1. The summed E-state index contributed by atoms with van der Waals surface area (Å²) in [5, 5.41) is 0. The standard InChI is InChI=1S/C8H10N4S/c1-13-7-3-6-5(2-4(7)9)11-8(10)12-6/h2-3H,9H2,1H3,(H3,10,11,12). The molecule has 0 radical (unpaired) electrons. The number of imidazole rings is 1. The van der Waals surface area contributed by atoms with Crippen molar-refractivity contribution in [2.24, 2.45) is 0 Å². The summed E-state index contributed by atoms with van der Waals surface area (Å²) in [6.45, 7) is 0. The average Bonchev–Trinajstić information content (AvgIpc) is 2.42. The van der Waals surface area contributed by atoms with Crippen LogP contribution in [0, 0.1) is 0 Å². The molecule has 0 amide bonds. The molecule has 0 saturated heterocycles. The van der Waals surface area contributed by atoms with Crippen LogP contribution in [0.4, 0.5) is 11.6 Å². The van der Waals surface area contributed by atoms with Crippen molar-refractivity contribution < 1.29 is 0 Å². The zero-order chi connectivity index (χ0) is 9.42. The fraction of sp³-hybridized carbons (Fsp3) is 0.125. The van der Waals surface area contributed by atoms with Crippen LogP contribution in [0.2, 0.25) is 0 Å². The van der Waals surface area contributed by atoms with E-state index in [1.807, 2.05) is 18.4 Å². The van der Waals surface area contributed by atoms with Gasteiger partial charge in [0, 0.05) is 10.6 Å². The molecule has 1 aromatic heterocycles. The Bertz CT molecular complexity index is 449. The molecule has 4 nitrogen and oxygen atoms in total. The van der Waals surface area contributed by atoms with Crippen molar-refractivity contribution in [3.8, 4) is 0 Å². The van der Waals surface area contributed by atoms with Gasteiger partial charge in [-0.25, -0.2) is 4.98 Å². The minimum atomic E-state index is 0.424.